The Morgan fingerprint density at radius 2 is 1.62 bits per heavy atom. The maximum atomic E-state index is 12.4. The lowest BCUT2D eigenvalue weighted by atomic mass is 9.88. The molecule has 1 heterocycles. The van der Waals surface area contributed by atoms with E-state index in [0.29, 0.717) is 18.0 Å². The number of fused-ring (bicyclic) bond motifs is 1. The van der Waals surface area contributed by atoms with Crippen LogP contribution < -0.4 is 5.32 Å². The van der Waals surface area contributed by atoms with E-state index in [1.807, 2.05) is 41.9 Å². The Morgan fingerprint density at radius 1 is 0.969 bits per heavy atom. The lowest BCUT2D eigenvalue weighted by molar-refractivity contribution is 0.0951. The van der Waals surface area contributed by atoms with Crippen molar-refractivity contribution in [3.8, 4) is 0 Å². The minimum absolute atomic E-state index is 0.0588. The van der Waals surface area contributed by atoms with Gasteiger partial charge in [-0.2, -0.15) is 5.10 Å². The number of amides is 1. The lowest BCUT2D eigenvalue weighted by Gasteiger charge is -2.18. The van der Waals surface area contributed by atoms with Crippen molar-refractivity contribution in [2.45, 2.75) is 18.9 Å². The molecule has 4 aromatic rings. The van der Waals surface area contributed by atoms with E-state index in [2.05, 4.69) is 72.2 Å². The number of hydrogen-bond acceptors (Lipinski definition) is 3. The monoisotopic (exact) mass is 426 g/mol. The molecule has 1 N–H and O–H groups in total. The molecule has 0 fully saturated rings. The number of carbonyl (C=O) groups excluding carboxylic acids is 1. The zero-order valence-electron chi connectivity index (χ0n) is 18.7. The first-order chi connectivity index (χ1) is 15.6. The summed E-state index contributed by atoms with van der Waals surface area (Å²) < 4.78 is 2.00. The van der Waals surface area contributed by atoms with Gasteiger partial charge in [0.25, 0.3) is 5.91 Å². The van der Waals surface area contributed by atoms with Crippen LogP contribution in [-0.2, 0) is 6.54 Å². The van der Waals surface area contributed by atoms with E-state index in [0.717, 1.165) is 30.4 Å². The predicted molar refractivity (Wildman–Crippen MR) is 130 cm³/mol. The summed E-state index contributed by atoms with van der Waals surface area (Å²) in [6, 6.07) is 27.0. The maximum absolute atomic E-state index is 12.4. The second kappa shape index (κ2) is 10.2. The summed E-state index contributed by atoms with van der Waals surface area (Å²) in [6.45, 7) is 2.23. The summed E-state index contributed by atoms with van der Waals surface area (Å²) >= 11 is 0. The molecule has 0 saturated heterocycles. The summed E-state index contributed by atoms with van der Waals surface area (Å²) in [5.74, 6) is 0.249. The van der Waals surface area contributed by atoms with Crippen LogP contribution in [0.25, 0.3) is 10.9 Å². The van der Waals surface area contributed by atoms with E-state index in [4.69, 9.17) is 5.10 Å². The van der Waals surface area contributed by atoms with Crippen LogP contribution in [0.1, 0.15) is 33.8 Å². The Bertz CT molecular complexity index is 1110. The number of aryl methyl sites for hydroxylation is 1. The van der Waals surface area contributed by atoms with Gasteiger partial charge in [0.1, 0.15) is 0 Å². The van der Waals surface area contributed by atoms with Crippen molar-refractivity contribution in [3.63, 3.8) is 0 Å². The standard InChI is InChI=1S/C27H30N4O/c1-30(2)18-16-28-27(32)23-13-14-24-20-31(29-26(24)19-23)17-15-25(21-9-5-3-6-10-21)22-11-7-4-8-12-22/h3-14,19-20,25H,15-18H2,1-2H3,(H,28,32). The van der Waals surface area contributed by atoms with Gasteiger partial charge >= 0.3 is 0 Å². The third-order valence-corrected chi connectivity index (χ3v) is 5.71. The van der Waals surface area contributed by atoms with Gasteiger partial charge in [0.05, 0.1) is 5.52 Å². The normalized spacial score (nSPS) is 11.4. The Morgan fingerprint density at radius 3 is 2.25 bits per heavy atom. The number of carbonyl (C=O) groups is 1. The van der Waals surface area contributed by atoms with E-state index < -0.39 is 0 Å². The molecule has 0 radical (unpaired) electrons. The molecule has 4 rings (SSSR count). The van der Waals surface area contributed by atoms with Crippen LogP contribution in [0, 0.1) is 0 Å². The summed E-state index contributed by atoms with van der Waals surface area (Å²) in [4.78, 5) is 14.5. The molecule has 0 aliphatic heterocycles. The zero-order chi connectivity index (χ0) is 22.3. The molecule has 3 aromatic carbocycles. The Hall–Kier alpha value is -3.44. The van der Waals surface area contributed by atoms with E-state index in [1.165, 1.54) is 11.1 Å². The van der Waals surface area contributed by atoms with E-state index in [9.17, 15) is 4.79 Å². The molecule has 0 unspecified atom stereocenters. The second-order valence-corrected chi connectivity index (χ2v) is 8.39. The number of hydrogen-bond donors (Lipinski definition) is 1. The van der Waals surface area contributed by atoms with Crippen LogP contribution in [-0.4, -0.2) is 47.8 Å². The topological polar surface area (TPSA) is 50.2 Å². The van der Waals surface area contributed by atoms with Crippen LogP contribution >= 0.6 is 0 Å². The maximum Gasteiger partial charge on any atom is 0.251 e. The van der Waals surface area contributed by atoms with Crippen molar-refractivity contribution in [1.82, 2.24) is 20.0 Å². The number of nitrogens with one attached hydrogen (secondary N) is 1. The Labute approximate surface area is 189 Å². The molecule has 0 saturated carbocycles. The first-order valence-corrected chi connectivity index (χ1v) is 11.1. The highest BCUT2D eigenvalue weighted by atomic mass is 16.1. The number of likely N-dealkylation sites (N-methyl/N-ethyl adjacent to an activating group) is 1. The third kappa shape index (κ3) is 5.42. The zero-order valence-corrected chi connectivity index (χ0v) is 18.7. The highest BCUT2D eigenvalue weighted by Crippen LogP contribution is 2.28. The Balaban J connectivity index is 1.48. The largest absolute Gasteiger partial charge is 0.351 e. The highest BCUT2D eigenvalue weighted by molar-refractivity contribution is 5.97. The van der Waals surface area contributed by atoms with Crippen molar-refractivity contribution in [2.75, 3.05) is 27.2 Å². The van der Waals surface area contributed by atoms with Crippen molar-refractivity contribution in [2.24, 2.45) is 0 Å². The first kappa shape index (κ1) is 21.8. The molecule has 164 valence electrons. The van der Waals surface area contributed by atoms with Gasteiger partial charge in [-0.15, -0.1) is 0 Å². The third-order valence-electron chi connectivity index (χ3n) is 5.71. The fourth-order valence-corrected chi connectivity index (χ4v) is 3.98. The molecule has 0 spiro atoms. The molecule has 32 heavy (non-hydrogen) atoms. The van der Waals surface area contributed by atoms with Crippen molar-refractivity contribution in [3.05, 3.63) is 102 Å². The fraction of sp³-hybridized carbons (Fsp3) is 0.259. The molecule has 5 heteroatoms. The summed E-state index contributed by atoms with van der Waals surface area (Å²) in [7, 11) is 3.98. The van der Waals surface area contributed by atoms with Crippen LogP contribution in [0.15, 0.2) is 85.1 Å². The predicted octanol–water partition coefficient (Wildman–Crippen LogP) is 4.55. The quantitative estimate of drug-likeness (QED) is 0.427. The number of benzene rings is 3. The number of aromatic nitrogens is 2. The van der Waals surface area contributed by atoms with Gasteiger partial charge in [-0.05, 0) is 43.8 Å². The van der Waals surface area contributed by atoms with Gasteiger partial charge < -0.3 is 10.2 Å². The average Bonchev–Trinajstić information content (AvgIpc) is 3.22. The van der Waals surface area contributed by atoms with Gasteiger partial charge in [-0.1, -0.05) is 66.7 Å². The minimum Gasteiger partial charge on any atom is -0.351 e. The van der Waals surface area contributed by atoms with Gasteiger partial charge in [-0.3, -0.25) is 9.48 Å². The second-order valence-electron chi connectivity index (χ2n) is 8.39. The van der Waals surface area contributed by atoms with E-state index >= 15 is 0 Å². The van der Waals surface area contributed by atoms with Crippen molar-refractivity contribution < 1.29 is 4.79 Å². The highest BCUT2D eigenvalue weighted by Gasteiger charge is 2.15. The SMILES string of the molecule is CN(C)CCNC(=O)c1ccc2cn(CCC(c3ccccc3)c3ccccc3)nc2c1. The lowest BCUT2D eigenvalue weighted by Crippen LogP contribution is -2.31. The van der Waals surface area contributed by atoms with Gasteiger partial charge in [0, 0.05) is 42.7 Å². The van der Waals surface area contributed by atoms with Crippen molar-refractivity contribution >= 4 is 16.8 Å². The van der Waals surface area contributed by atoms with E-state index in [-0.39, 0.29) is 5.91 Å². The fourth-order valence-electron chi connectivity index (χ4n) is 3.98. The van der Waals surface area contributed by atoms with Gasteiger partial charge in [0.2, 0.25) is 0 Å². The molecule has 0 aliphatic carbocycles. The summed E-state index contributed by atoms with van der Waals surface area (Å²) in [5.41, 5.74) is 4.12. The summed E-state index contributed by atoms with van der Waals surface area (Å²) in [5, 5.41) is 8.76. The number of rotatable bonds is 9. The van der Waals surface area contributed by atoms with Crippen LogP contribution in [0.3, 0.4) is 0 Å². The Kier molecular flexibility index (Phi) is 6.97. The molecule has 1 amide bonds. The van der Waals surface area contributed by atoms with Gasteiger partial charge in [0.15, 0.2) is 0 Å². The molecular weight excluding hydrogens is 396 g/mol. The van der Waals surface area contributed by atoms with Gasteiger partial charge in [-0.25, -0.2) is 0 Å². The minimum atomic E-state index is -0.0588. The smallest absolute Gasteiger partial charge is 0.251 e. The van der Waals surface area contributed by atoms with E-state index in [1.54, 1.807) is 0 Å². The first-order valence-electron chi connectivity index (χ1n) is 11.1. The molecule has 0 aliphatic rings. The molecule has 1 aromatic heterocycles. The molecular formula is C27H30N4O. The number of nitrogens with zero attached hydrogens (tertiary/aromatic N) is 3. The molecule has 0 bridgehead atoms. The van der Waals surface area contributed by atoms with Crippen molar-refractivity contribution in [1.29, 1.82) is 0 Å². The molecule has 5 nitrogen and oxygen atoms in total. The molecule has 0 atom stereocenters. The average molecular weight is 427 g/mol. The van der Waals surface area contributed by atoms with Crippen LogP contribution in [0.2, 0.25) is 0 Å². The summed E-state index contributed by atoms with van der Waals surface area (Å²) in [6.07, 6.45) is 3.01. The van der Waals surface area contributed by atoms with Crippen LogP contribution in [0.5, 0.6) is 0 Å². The van der Waals surface area contributed by atoms with Crippen LogP contribution in [0.4, 0.5) is 0 Å².